The van der Waals surface area contributed by atoms with Crippen LogP contribution in [0, 0.1) is 11.8 Å². The van der Waals surface area contributed by atoms with Crippen LogP contribution < -0.4 is 10.6 Å². The summed E-state index contributed by atoms with van der Waals surface area (Å²) in [4.78, 5) is 0. The van der Waals surface area contributed by atoms with Crippen molar-refractivity contribution in [2.45, 2.75) is 45.1 Å². The summed E-state index contributed by atoms with van der Waals surface area (Å²) in [5, 5.41) is 7.12. The third-order valence-electron chi connectivity index (χ3n) is 3.84. The number of piperidine rings is 1. The monoisotopic (exact) mass is 240 g/mol. The van der Waals surface area contributed by atoms with Crippen molar-refractivity contribution in [3.8, 4) is 0 Å². The first-order valence-corrected chi connectivity index (χ1v) is 7.36. The Morgan fingerprint density at radius 3 is 2.94 bits per heavy atom. The molecule has 0 spiro atoms. The molecule has 3 heteroatoms. The van der Waals surface area contributed by atoms with Gasteiger partial charge >= 0.3 is 0 Å². The molecule has 2 fully saturated rings. The van der Waals surface area contributed by atoms with Gasteiger partial charge in [-0.15, -0.1) is 0 Å². The Hall–Kier alpha value is -0.120. The third kappa shape index (κ3) is 5.84. The first-order chi connectivity index (χ1) is 8.34. The van der Waals surface area contributed by atoms with E-state index in [2.05, 4.69) is 17.6 Å². The van der Waals surface area contributed by atoms with E-state index in [4.69, 9.17) is 4.74 Å². The van der Waals surface area contributed by atoms with Gasteiger partial charge < -0.3 is 15.4 Å². The Labute approximate surface area is 106 Å². The molecule has 0 aromatic carbocycles. The zero-order chi connectivity index (χ0) is 11.9. The van der Waals surface area contributed by atoms with Gasteiger partial charge in [0.1, 0.15) is 0 Å². The molecule has 0 bridgehead atoms. The van der Waals surface area contributed by atoms with E-state index in [1.54, 1.807) is 0 Å². The first kappa shape index (κ1) is 13.3. The standard InChI is InChI=1S/C14H28N2O/c1-12-5-7-16-14(9-12)10-15-6-2-8-17-11-13-3-4-13/h12-16H,2-11H2,1H3. The molecule has 1 heterocycles. The fraction of sp³-hybridized carbons (Fsp3) is 1.00. The maximum absolute atomic E-state index is 5.61. The molecule has 1 saturated carbocycles. The zero-order valence-electron chi connectivity index (χ0n) is 11.2. The summed E-state index contributed by atoms with van der Waals surface area (Å²) in [6.45, 7) is 7.70. The van der Waals surface area contributed by atoms with Crippen LogP contribution in [0.1, 0.15) is 39.0 Å². The Morgan fingerprint density at radius 2 is 2.18 bits per heavy atom. The van der Waals surface area contributed by atoms with Gasteiger partial charge in [-0.25, -0.2) is 0 Å². The van der Waals surface area contributed by atoms with Crippen LogP contribution in [0.4, 0.5) is 0 Å². The Bertz CT molecular complexity index is 206. The van der Waals surface area contributed by atoms with Crippen LogP contribution in [0.2, 0.25) is 0 Å². The minimum atomic E-state index is 0.686. The molecule has 2 rings (SSSR count). The summed E-state index contributed by atoms with van der Waals surface area (Å²) in [5.74, 6) is 1.79. The van der Waals surface area contributed by atoms with Crippen LogP contribution in [0.25, 0.3) is 0 Å². The highest BCUT2D eigenvalue weighted by molar-refractivity contribution is 4.77. The van der Waals surface area contributed by atoms with E-state index in [1.807, 2.05) is 0 Å². The third-order valence-corrected chi connectivity index (χ3v) is 3.84. The van der Waals surface area contributed by atoms with Gasteiger partial charge in [0.15, 0.2) is 0 Å². The maximum atomic E-state index is 5.61. The molecule has 0 aromatic heterocycles. The summed E-state index contributed by atoms with van der Waals surface area (Å²) in [7, 11) is 0. The van der Waals surface area contributed by atoms with Crippen molar-refractivity contribution >= 4 is 0 Å². The highest BCUT2D eigenvalue weighted by atomic mass is 16.5. The van der Waals surface area contributed by atoms with Crippen molar-refractivity contribution in [3.05, 3.63) is 0 Å². The average molecular weight is 240 g/mol. The van der Waals surface area contributed by atoms with Gasteiger partial charge in [0, 0.05) is 25.8 Å². The second-order valence-electron chi connectivity index (χ2n) is 5.86. The molecule has 2 atom stereocenters. The van der Waals surface area contributed by atoms with Crippen molar-refractivity contribution in [2.75, 3.05) is 32.8 Å². The van der Waals surface area contributed by atoms with E-state index in [9.17, 15) is 0 Å². The number of hydrogen-bond acceptors (Lipinski definition) is 3. The minimum absolute atomic E-state index is 0.686. The van der Waals surface area contributed by atoms with Gasteiger partial charge in [0.25, 0.3) is 0 Å². The molecule has 1 saturated heterocycles. The fourth-order valence-corrected chi connectivity index (χ4v) is 2.49. The summed E-state index contributed by atoms with van der Waals surface area (Å²) in [6.07, 6.45) is 6.60. The highest BCUT2D eigenvalue weighted by Crippen LogP contribution is 2.28. The largest absolute Gasteiger partial charge is 0.381 e. The summed E-state index contributed by atoms with van der Waals surface area (Å²) in [6, 6.07) is 0.686. The van der Waals surface area contributed by atoms with E-state index >= 15 is 0 Å². The second kappa shape index (κ2) is 7.34. The van der Waals surface area contributed by atoms with Crippen molar-refractivity contribution in [1.82, 2.24) is 10.6 Å². The SMILES string of the molecule is CC1CCNC(CNCCCOCC2CC2)C1. The molecule has 1 aliphatic carbocycles. The Morgan fingerprint density at radius 1 is 1.29 bits per heavy atom. The van der Waals surface area contributed by atoms with Crippen molar-refractivity contribution < 1.29 is 4.74 Å². The van der Waals surface area contributed by atoms with Gasteiger partial charge in [-0.1, -0.05) is 6.92 Å². The van der Waals surface area contributed by atoms with Crippen molar-refractivity contribution in [2.24, 2.45) is 11.8 Å². The van der Waals surface area contributed by atoms with Crippen LogP contribution in [0.3, 0.4) is 0 Å². The lowest BCUT2D eigenvalue weighted by molar-refractivity contribution is 0.122. The predicted octanol–water partition coefficient (Wildman–Crippen LogP) is 1.78. The van der Waals surface area contributed by atoms with Gasteiger partial charge in [-0.2, -0.15) is 0 Å². The molecule has 1 aliphatic heterocycles. The van der Waals surface area contributed by atoms with Gasteiger partial charge in [0.2, 0.25) is 0 Å². The summed E-state index contributed by atoms with van der Waals surface area (Å²) in [5.41, 5.74) is 0. The molecule has 0 amide bonds. The summed E-state index contributed by atoms with van der Waals surface area (Å²) < 4.78 is 5.61. The smallest absolute Gasteiger partial charge is 0.0494 e. The number of nitrogens with one attached hydrogen (secondary N) is 2. The van der Waals surface area contributed by atoms with E-state index in [0.29, 0.717) is 6.04 Å². The van der Waals surface area contributed by atoms with Crippen LogP contribution >= 0.6 is 0 Å². The molecule has 100 valence electrons. The molecule has 2 N–H and O–H groups in total. The zero-order valence-corrected chi connectivity index (χ0v) is 11.2. The lowest BCUT2D eigenvalue weighted by atomic mass is 9.94. The molecule has 0 radical (unpaired) electrons. The van der Waals surface area contributed by atoms with E-state index in [1.165, 1.54) is 32.2 Å². The van der Waals surface area contributed by atoms with Gasteiger partial charge in [0.05, 0.1) is 0 Å². The predicted molar refractivity (Wildman–Crippen MR) is 71.2 cm³/mol. The Balaban J connectivity index is 1.37. The van der Waals surface area contributed by atoms with Gasteiger partial charge in [-0.3, -0.25) is 0 Å². The topological polar surface area (TPSA) is 33.3 Å². The van der Waals surface area contributed by atoms with Crippen LogP contribution in [0.5, 0.6) is 0 Å². The normalized spacial score (nSPS) is 29.5. The van der Waals surface area contributed by atoms with Gasteiger partial charge in [-0.05, 0) is 57.0 Å². The van der Waals surface area contributed by atoms with Crippen molar-refractivity contribution in [1.29, 1.82) is 0 Å². The maximum Gasteiger partial charge on any atom is 0.0494 e. The first-order valence-electron chi connectivity index (χ1n) is 7.36. The van der Waals surface area contributed by atoms with Crippen molar-refractivity contribution in [3.63, 3.8) is 0 Å². The molecule has 3 nitrogen and oxygen atoms in total. The summed E-state index contributed by atoms with van der Waals surface area (Å²) >= 11 is 0. The van der Waals surface area contributed by atoms with Crippen LogP contribution in [0.15, 0.2) is 0 Å². The van der Waals surface area contributed by atoms with E-state index in [0.717, 1.165) is 44.6 Å². The van der Waals surface area contributed by atoms with E-state index in [-0.39, 0.29) is 0 Å². The number of hydrogen-bond donors (Lipinski definition) is 2. The lowest BCUT2D eigenvalue weighted by Crippen LogP contribution is -2.44. The molecule has 2 unspecified atom stereocenters. The highest BCUT2D eigenvalue weighted by Gasteiger charge is 2.20. The van der Waals surface area contributed by atoms with E-state index < -0.39 is 0 Å². The quantitative estimate of drug-likeness (QED) is 0.635. The molecular formula is C14H28N2O. The lowest BCUT2D eigenvalue weighted by Gasteiger charge is -2.28. The second-order valence-corrected chi connectivity index (χ2v) is 5.86. The minimum Gasteiger partial charge on any atom is -0.381 e. The molecule has 2 aliphatic rings. The van der Waals surface area contributed by atoms with Crippen LogP contribution in [-0.4, -0.2) is 38.9 Å². The number of ether oxygens (including phenoxy) is 1. The van der Waals surface area contributed by atoms with Crippen LogP contribution in [-0.2, 0) is 4.74 Å². The molecule has 17 heavy (non-hydrogen) atoms. The molecule has 0 aromatic rings. The molecular weight excluding hydrogens is 212 g/mol. The number of rotatable bonds is 8. The Kier molecular flexibility index (Phi) is 5.75. The fourth-order valence-electron chi connectivity index (χ4n) is 2.49. The average Bonchev–Trinajstić information content (AvgIpc) is 3.12.